The van der Waals surface area contributed by atoms with Crippen LogP contribution in [-0.2, 0) is 6.42 Å². The first kappa shape index (κ1) is 17.9. The van der Waals surface area contributed by atoms with Crippen molar-refractivity contribution in [3.8, 4) is 11.5 Å². The maximum atomic E-state index is 12.7. The molecule has 1 heterocycles. The molecule has 3 aromatic rings. The number of allylic oxidation sites excluding steroid dienone is 1. The Kier molecular flexibility index (Phi) is 5.23. The average molecular weight is 368 g/mol. The molecule has 0 saturated carbocycles. The lowest BCUT2D eigenvalue weighted by Gasteiger charge is -2.14. The predicted molar refractivity (Wildman–Crippen MR) is 106 cm³/mol. The van der Waals surface area contributed by atoms with E-state index in [9.17, 15) is 4.79 Å². The van der Waals surface area contributed by atoms with E-state index in [-0.39, 0.29) is 5.91 Å². The molecule has 0 aliphatic rings. The molecule has 0 bridgehead atoms. The lowest BCUT2D eigenvalue weighted by Crippen LogP contribution is -2.12. The number of carbonyl (C=O) groups is 1. The fraction of sp³-hybridized carbons (Fsp3) is 0.200. The van der Waals surface area contributed by atoms with Crippen molar-refractivity contribution in [2.24, 2.45) is 0 Å². The number of carbonyl (C=O) groups excluding carboxylic acids is 1. The van der Waals surface area contributed by atoms with Gasteiger partial charge in [0.2, 0.25) is 0 Å². The van der Waals surface area contributed by atoms with E-state index in [1.165, 1.54) is 11.3 Å². The number of anilines is 1. The van der Waals surface area contributed by atoms with Crippen LogP contribution in [0.1, 0.15) is 21.5 Å². The molecule has 0 saturated heterocycles. The van der Waals surface area contributed by atoms with Crippen LogP contribution in [0.15, 0.2) is 43.0 Å². The second-order valence-electron chi connectivity index (χ2n) is 5.76. The first-order valence-corrected chi connectivity index (χ1v) is 8.92. The van der Waals surface area contributed by atoms with Crippen LogP contribution in [0.4, 0.5) is 5.13 Å². The van der Waals surface area contributed by atoms with Gasteiger partial charge in [0.1, 0.15) is 0 Å². The van der Waals surface area contributed by atoms with E-state index in [1.807, 2.05) is 25.1 Å². The number of hydrogen-bond donors (Lipinski definition) is 1. The fourth-order valence-electron chi connectivity index (χ4n) is 2.79. The Labute approximate surface area is 156 Å². The number of nitrogens with one attached hydrogen (secondary N) is 1. The molecule has 0 aliphatic carbocycles. The van der Waals surface area contributed by atoms with Gasteiger partial charge in [0.15, 0.2) is 16.6 Å². The molecule has 1 N–H and O–H groups in total. The molecule has 6 heteroatoms. The highest BCUT2D eigenvalue weighted by Crippen LogP contribution is 2.34. The minimum atomic E-state index is -0.243. The van der Waals surface area contributed by atoms with Crippen LogP contribution < -0.4 is 14.8 Å². The number of fused-ring (bicyclic) bond motifs is 1. The molecule has 1 amide bonds. The summed E-state index contributed by atoms with van der Waals surface area (Å²) < 4.78 is 11.8. The third kappa shape index (κ3) is 3.41. The van der Waals surface area contributed by atoms with E-state index in [1.54, 1.807) is 32.4 Å². The van der Waals surface area contributed by atoms with E-state index in [2.05, 4.69) is 16.9 Å². The summed E-state index contributed by atoms with van der Waals surface area (Å²) in [4.78, 5) is 17.3. The number of para-hydroxylation sites is 1. The van der Waals surface area contributed by atoms with Gasteiger partial charge in [-0.1, -0.05) is 29.5 Å². The highest BCUT2D eigenvalue weighted by Gasteiger charge is 2.17. The summed E-state index contributed by atoms with van der Waals surface area (Å²) in [5.74, 6) is 0.879. The van der Waals surface area contributed by atoms with Gasteiger partial charge in [-0.15, -0.1) is 6.58 Å². The van der Waals surface area contributed by atoms with Crippen molar-refractivity contribution in [2.45, 2.75) is 13.3 Å². The molecule has 3 rings (SSSR count). The monoisotopic (exact) mass is 368 g/mol. The largest absolute Gasteiger partial charge is 0.493 e. The molecule has 1 aromatic heterocycles. The van der Waals surface area contributed by atoms with Gasteiger partial charge in [-0.25, -0.2) is 4.98 Å². The van der Waals surface area contributed by atoms with Crippen molar-refractivity contribution in [3.63, 3.8) is 0 Å². The second kappa shape index (κ2) is 7.58. The number of aryl methyl sites for hydroxylation is 1. The zero-order chi connectivity index (χ0) is 18.7. The zero-order valence-electron chi connectivity index (χ0n) is 15.0. The lowest BCUT2D eigenvalue weighted by atomic mass is 10.1. The molecule has 0 unspecified atom stereocenters. The Morgan fingerprint density at radius 3 is 2.77 bits per heavy atom. The fourth-order valence-corrected chi connectivity index (χ4v) is 3.73. The van der Waals surface area contributed by atoms with Gasteiger partial charge in [-0.3, -0.25) is 10.1 Å². The number of nitrogens with zero attached hydrogens (tertiary/aromatic N) is 1. The van der Waals surface area contributed by atoms with Crippen LogP contribution >= 0.6 is 11.3 Å². The van der Waals surface area contributed by atoms with Gasteiger partial charge in [-0.05, 0) is 37.1 Å². The third-order valence-electron chi connectivity index (χ3n) is 4.02. The predicted octanol–water partition coefficient (Wildman–Crippen LogP) is 4.60. The number of ether oxygens (including phenoxy) is 2. The van der Waals surface area contributed by atoms with Gasteiger partial charge in [0.05, 0.1) is 24.4 Å². The van der Waals surface area contributed by atoms with Crippen molar-refractivity contribution >= 4 is 32.6 Å². The molecule has 0 atom stereocenters. The summed E-state index contributed by atoms with van der Waals surface area (Å²) in [5.41, 5.74) is 3.31. The molecule has 5 nitrogen and oxygen atoms in total. The Morgan fingerprint density at radius 2 is 2.12 bits per heavy atom. The standard InChI is InChI=1S/C20H20N2O3S/c1-5-7-13-10-14(11-15(24-3)18(13)25-4)19(23)22-20-21-17-12(2)8-6-9-16(17)26-20/h5-6,8-11H,1,7H2,2-4H3,(H,21,22,23). The van der Waals surface area contributed by atoms with E-state index in [0.717, 1.165) is 21.3 Å². The maximum Gasteiger partial charge on any atom is 0.257 e. The second-order valence-corrected chi connectivity index (χ2v) is 6.79. The summed E-state index contributed by atoms with van der Waals surface area (Å²) >= 11 is 1.45. The number of methoxy groups -OCH3 is 2. The topological polar surface area (TPSA) is 60.5 Å². The Balaban J connectivity index is 1.94. The van der Waals surface area contributed by atoms with Crippen molar-refractivity contribution < 1.29 is 14.3 Å². The summed E-state index contributed by atoms with van der Waals surface area (Å²) in [7, 11) is 3.13. The average Bonchev–Trinajstić information content (AvgIpc) is 3.05. The quantitative estimate of drug-likeness (QED) is 0.646. The summed E-state index contributed by atoms with van der Waals surface area (Å²) in [5, 5.41) is 3.45. The molecule has 134 valence electrons. The van der Waals surface area contributed by atoms with Crippen molar-refractivity contribution in [1.82, 2.24) is 4.98 Å². The van der Waals surface area contributed by atoms with Crippen LogP contribution in [-0.4, -0.2) is 25.1 Å². The van der Waals surface area contributed by atoms with Gasteiger partial charge in [-0.2, -0.15) is 0 Å². The Hall–Kier alpha value is -2.86. The highest BCUT2D eigenvalue weighted by molar-refractivity contribution is 7.22. The van der Waals surface area contributed by atoms with Crippen LogP contribution in [0.25, 0.3) is 10.2 Å². The highest BCUT2D eigenvalue weighted by atomic mass is 32.1. The van der Waals surface area contributed by atoms with Crippen molar-refractivity contribution in [3.05, 3.63) is 59.7 Å². The van der Waals surface area contributed by atoms with Gasteiger partial charge < -0.3 is 9.47 Å². The Bertz CT molecular complexity index is 979. The Morgan fingerprint density at radius 1 is 1.31 bits per heavy atom. The van der Waals surface area contributed by atoms with Crippen LogP contribution in [0.5, 0.6) is 11.5 Å². The van der Waals surface area contributed by atoms with Gasteiger partial charge in [0.25, 0.3) is 5.91 Å². The number of rotatable bonds is 6. The molecule has 0 aliphatic heterocycles. The molecule has 0 radical (unpaired) electrons. The number of thiazole rings is 1. The van der Waals surface area contributed by atoms with E-state index in [0.29, 0.717) is 28.6 Å². The van der Waals surface area contributed by atoms with Crippen LogP contribution in [0, 0.1) is 6.92 Å². The van der Waals surface area contributed by atoms with E-state index >= 15 is 0 Å². The van der Waals surface area contributed by atoms with Crippen LogP contribution in [0.3, 0.4) is 0 Å². The number of hydrogen-bond acceptors (Lipinski definition) is 5. The first-order chi connectivity index (χ1) is 12.6. The summed E-state index contributed by atoms with van der Waals surface area (Å²) in [6.07, 6.45) is 2.33. The van der Waals surface area contributed by atoms with Gasteiger partial charge >= 0.3 is 0 Å². The summed E-state index contributed by atoms with van der Waals surface area (Å²) in [6, 6.07) is 9.44. The van der Waals surface area contributed by atoms with Gasteiger partial charge in [0, 0.05) is 11.1 Å². The lowest BCUT2D eigenvalue weighted by molar-refractivity contribution is 0.102. The zero-order valence-corrected chi connectivity index (χ0v) is 15.8. The molecule has 2 aromatic carbocycles. The minimum absolute atomic E-state index is 0.243. The first-order valence-electron chi connectivity index (χ1n) is 8.10. The molecule has 26 heavy (non-hydrogen) atoms. The number of amides is 1. The SMILES string of the molecule is C=CCc1cc(C(=O)Nc2nc3c(C)cccc3s2)cc(OC)c1OC. The molecular formula is C20H20N2O3S. The minimum Gasteiger partial charge on any atom is -0.493 e. The molecule has 0 spiro atoms. The summed E-state index contributed by atoms with van der Waals surface area (Å²) in [6.45, 7) is 5.76. The smallest absolute Gasteiger partial charge is 0.257 e. The molecule has 0 fully saturated rings. The molecular weight excluding hydrogens is 348 g/mol. The van der Waals surface area contributed by atoms with Crippen molar-refractivity contribution in [2.75, 3.05) is 19.5 Å². The number of benzene rings is 2. The van der Waals surface area contributed by atoms with E-state index < -0.39 is 0 Å². The third-order valence-corrected chi connectivity index (χ3v) is 4.96. The van der Waals surface area contributed by atoms with E-state index in [4.69, 9.17) is 9.47 Å². The normalized spacial score (nSPS) is 10.6. The maximum absolute atomic E-state index is 12.7. The number of aromatic nitrogens is 1. The van der Waals surface area contributed by atoms with Crippen LogP contribution in [0.2, 0.25) is 0 Å². The van der Waals surface area contributed by atoms with Crippen molar-refractivity contribution in [1.29, 1.82) is 0 Å².